The fourth-order valence-electron chi connectivity index (χ4n) is 1.72. The van der Waals surface area contributed by atoms with E-state index in [0.29, 0.717) is 6.54 Å². The average Bonchev–Trinajstić information content (AvgIpc) is 2.29. The Morgan fingerprint density at radius 3 is 2.33 bits per heavy atom. The first-order chi connectivity index (χ1) is 5.57. The maximum absolute atomic E-state index is 9.43. The minimum Gasteiger partial charge on any atom is -0.395 e. The second kappa shape index (κ2) is 3.70. The lowest BCUT2D eigenvalue weighted by atomic mass is 10.1. The van der Waals surface area contributed by atoms with Crippen LogP contribution in [-0.2, 0) is 0 Å². The molecule has 1 rings (SSSR count). The molecule has 4 heteroatoms. The maximum Gasteiger partial charge on any atom is 0.0988 e. The van der Waals surface area contributed by atoms with Crippen LogP contribution in [0.3, 0.4) is 0 Å². The molecule has 0 aromatic rings. The SMILES string of the molecule is CC(C)N1C[C@@H](O)[C@H](O)[C@H]1CO. The van der Waals surface area contributed by atoms with Crippen LogP contribution in [0.5, 0.6) is 0 Å². The van der Waals surface area contributed by atoms with Crippen molar-refractivity contribution in [3.8, 4) is 0 Å². The molecule has 1 saturated heterocycles. The van der Waals surface area contributed by atoms with Gasteiger partial charge in [-0.3, -0.25) is 4.90 Å². The number of likely N-dealkylation sites (tertiary alicyclic amines) is 1. The Bertz CT molecular complexity index is 151. The number of aliphatic hydroxyl groups excluding tert-OH is 3. The van der Waals surface area contributed by atoms with Gasteiger partial charge in [-0.15, -0.1) is 0 Å². The van der Waals surface area contributed by atoms with Crippen molar-refractivity contribution in [3.05, 3.63) is 0 Å². The molecule has 3 N–H and O–H groups in total. The molecule has 1 aliphatic heterocycles. The molecule has 1 aliphatic rings. The van der Waals surface area contributed by atoms with E-state index in [1.807, 2.05) is 18.7 Å². The molecule has 0 aromatic carbocycles. The lowest BCUT2D eigenvalue weighted by molar-refractivity contribution is 0.0188. The molecule has 0 amide bonds. The average molecular weight is 175 g/mol. The summed E-state index contributed by atoms with van der Waals surface area (Å²) in [5, 5.41) is 27.7. The third-order valence-electron chi connectivity index (χ3n) is 2.46. The molecule has 0 unspecified atom stereocenters. The standard InChI is InChI=1S/C8H17NO3/c1-5(2)9-3-7(11)8(12)6(9)4-10/h5-8,10-12H,3-4H2,1-2H3/t6-,7-,8-/m1/s1. The molecule has 4 nitrogen and oxygen atoms in total. The summed E-state index contributed by atoms with van der Waals surface area (Å²) in [7, 11) is 0. The first kappa shape index (κ1) is 9.92. The van der Waals surface area contributed by atoms with Crippen molar-refractivity contribution in [2.24, 2.45) is 0 Å². The van der Waals surface area contributed by atoms with E-state index in [0.717, 1.165) is 0 Å². The topological polar surface area (TPSA) is 63.9 Å². The largest absolute Gasteiger partial charge is 0.395 e. The van der Waals surface area contributed by atoms with Crippen molar-refractivity contribution in [1.82, 2.24) is 4.90 Å². The number of β-amino-alcohol motifs (C(OH)–C–C–N with tert-alkyl or cyclic N) is 1. The highest BCUT2D eigenvalue weighted by Crippen LogP contribution is 2.20. The van der Waals surface area contributed by atoms with Crippen molar-refractivity contribution in [3.63, 3.8) is 0 Å². The number of aliphatic hydroxyl groups is 3. The van der Waals surface area contributed by atoms with E-state index < -0.39 is 12.2 Å². The summed E-state index contributed by atoms with van der Waals surface area (Å²) in [6.45, 7) is 4.31. The van der Waals surface area contributed by atoms with Crippen LogP contribution in [0.15, 0.2) is 0 Å². The Kier molecular flexibility index (Phi) is 3.06. The van der Waals surface area contributed by atoms with Gasteiger partial charge in [0.25, 0.3) is 0 Å². The van der Waals surface area contributed by atoms with E-state index >= 15 is 0 Å². The minimum absolute atomic E-state index is 0.101. The Morgan fingerprint density at radius 1 is 1.42 bits per heavy atom. The molecule has 0 spiro atoms. The Hall–Kier alpha value is -0.160. The molecule has 12 heavy (non-hydrogen) atoms. The normalized spacial score (nSPS) is 38.0. The molecular weight excluding hydrogens is 158 g/mol. The van der Waals surface area contributed by atoms with Gasteiger partial charge in [0.05, 0.1) is 24.9 Å². The number of rotatable bonds is 2. The molecule has 1 fully saturated rings. The van der Waals surface area contributed by atoms with Crippen molar-refractivity contribution in [2.45, 2.75) is 38.1 Å². The van der Waals surface area contributed by atoms with Gasteiger partial charge in [0.2, 0.25) is 0 Å². The van der Waals surface area contributed by atoms with E-state index in [-0.39, 0.29) is 18.7 Å². The molecular formula is C8H17NO3. The summed E-state index contributed by atoms with van der Waals surface area (Å²) < 4.78 is 0. The van der Waals surface area contributed by atoms with Crippen LogP contribution in [0, 0.1) is 0 Å². The second-order valence-corrected chi connectivity index (χ2v) is 3.60. The van der Waals surface area contributed by atoms with E-state index in [2.05, 4.69) is 0 Å². The molecule has 0 aliphatic carbocycles. The van der Waals surface area contributed by atoms with Gasteiger partial charge in [0, 0.05) is 12.6 Å². The van der Waals surface area contributed by atoms with Crippen molar-refractivity contribution in [2.75, 3.05) is 13.2 Å². The van der Waals surface area contributed by atoms with Gasteiger partial charge >= 0.3 is 0 Å². The third kappa shape index (κ3) is 1.61. The quantitative estimate of drug-likeness (QED) is 0.493. The van der Waals surface area contributed by atoms with E-state index in [1.165, 1.54) is 0 Å². The molecule has 0 saturated carbocycles. The summed E-state index contributed by atoms with van der Waals surface area (Å²) in [4.78, 5) is 1.91. The molecule has 3 atom stereocenters. The molecule has 0 radical (unpaired) electrons. The Labute approximate surface area is 72.4 Å². The van der Waals surface area contributed by atoms with Crippen molar-refractivity contribution < 1.29 is 15.3 Å². The minimum atomic E-state index is -0.808. The summed E-state index contributed by atoms with van der Waals surface area (Å²) in [5.41, 5.74) is 0. The highest BCUT2D eigenvalue weighted by molar-refractivity contribution is 4.94. The zero-order valence-electron chi connectivity index (χ0n) is 7.51. The second-order valence-electron chi connectivity index (χ2n) is 3.60. The van der Waals surface area contributed by atoms with Gasteiger partial charge in [-0.25, -0.2) is 0 Å². The first-order valence-corrected chi connectivity index (χ1v) is 4.30. The summed E-state index contributed by atoms with van der Waals surface area (Å²) in [6.07, 6.45) is -1.53. The number of hydrogen-bond acceptors (Lipinski definition) is 4. The van der Waals surface area contributed by atoms with E-state index in [4.69, 9.17) is 5.11 Å². The van der Waals surface area contributed by atoms with Gasteiger partial charge in [-0.2, -0.15) is 0 Å². The van der Waals surface area contributed by atoms with Crippen molar-refractivity contribution >= 4 is 0 Å². The third-order valence-corrected chi connectivity index (χ3v) is 2.46. The lowest BCUT2D eigenvalue weighted by Crippen LogP contribution is -2.42. The number of nitrogens with zero attached hydrogens (tertiary/aromatic N) is 1. The van der Waals surface area contributed by atoms with Crippen LogP contribution in [-0.4, -0.2) is 57.7 Å². The summed E-state index contributed by atoms with van der Waals surface area (Å²) in [6, 6.07) is -0.0612. The van der Waals surface area contributed by atoms with E-state index in [1.54, 1.807) is 0 Å². The van der Waals surface area contributed by atoms with Gasteiger partial charge in [0.15, 0.2) is 0 Å². The molecule has 0 aromatic heterocycles. The zero-order valence-corrected chi connectivity index (χ0v) is 7.51. The predicted molar refractivity (Wildman–Crippen MR) is 44.7 cm³/mol. The van der Waals surface area contributed by atoms with Gasteiger partial charge < -0.3 is 15.3 Å². The summed E-state index contributed by atoms with van der Waals surface area (Å²) in [5.74, 6) is 0. The smallest absolute Gasteiger partial charge is 0.0988 e. The highest BCUT2D eigenvalue weighted by atomic mass is 16.3. The van der Waals surface area contributed by atoms with Gasteiger partial charge in [0.1, 0.15) is 0 Å². The fourth-order valence-corrected chi connectivity index (χ4v) is 1.72. The molecule has 1 heterocycles. The van der Waals surface area contributed by atoms with Crippen LogP contribution in [0.25, 0.3) is 0 Å². The maximum atomic E-state index is 9.43. The zero-order chi connectivity index (χ0) is 9.30. The predicted octanol–water partition coefficient (Wildman–Crippen LogP) is -1.21. The molecule has 72 valence electrons. The van der Waals surface area contributed by atoms with Crippen molar-refractivity contribution in [1.29, 1.82) is 0 Å². The fraction of sp³-hybridized carbons (Fsp3) is 1.00. The summed E-state index contributed by atoms with van der Waals surface area (Å²) >= 11 is 0. The van der Waals surface area contributed by atoms with Crippen LogP contribution >= 0.6 is 0 Å². The Balaban J connectivity index is 2.65. The molecule has 0 bridgehead atoms. The van der Waals surface area contributed by atoms with Gasteiger partial charge in [-0.05, 0) is 13.8 Å². The van der Waals surface area contributed by atoms with Crippen LogP contribution < -0.4 is 0 Å². The monoisotopic (exact) mass is 175 g/mol. The van der Waals surface area contributed by atoms with Crippen LogP contribution in [0.4, 0.5) is 0 Å². The first-order valence-electron chi connectivity index (χ1n) is 4.30. The number of hydrogen-bond donors (Lipinski definition) is 3. The van der Waals surface area contributed by atoms with Gasteiger partial charge in [-0.1, -0.05) is 0 Å². The highest BCUT2D eigenvalue weighted by Gasteiger charge is 2.40. The van der Waals surface area contributed by atoms with Crippen LogP contribution in [0.1, 0.15) is 13.8 Å². The lowest BCUT2D eigenvalue weighted by Gasteiger charge is -2.27. The Morgan fingerprint density at radius 2 is 2.00 bits per heavy atom. The van der Waals surface area contributed by atoms with Crippen LogP contribution in [0.2, 0.25) is 0 Å². The van der Waals surface area contributed by atoms with E-state index in [9.17, 15) is 10.2 Å².